The third-order valence-electron chi connectivity index (χ3n) is 5.10. The summed E-state index contributed by atoms with van der Waals surface area (Å²) in [5.41, 5.74) is 0.366. The van der Waals surface area contributed by atoms with Gasteiger partial charge < -0.3 is 4.79 Å². The van der Waals surface area contributed by atoms with Crippen LogP contribution in [0.3, 0.4) is 0 Å². The lowest BCUT2D eigenvalue weighted by molar-refractivity contribution is -0.109. The van der Waals surface area contributed by atoms with E-state index in [4.69, 9.17) is 0 Å². The molecule has 2 rings (SSSR count). The minimum absolute atomic E-state index is 0.366. The highest BCUT2D eigenvalue weighted by atomic mass is 32.2. The average Bonchev–Trinajstić information content (AvgIpc) is 2.61. The van der Waals surface area contributed by atoms with Gasteiger partial charge in [0, 0.05) is 4.90 Å². The van der Waals surface area contributed by atoms with Crippen LogP contribution < -0.4 is 5.19 Å². The topological polar surface area (TPSA) is 17.1 Å². The molecule has 0 aliphatic carbocycles. The predicted octanol–water partition coefficient (Wildman–Crippen LogP) is 5.77. The van der Waals surface area contributed by atoms with Crippen molar-refractivity contribution in [1.82, 2.24) is 0 Å². The third-order valence-corrected chi connectivity index (χ3v) is 11.0. The van der Waals surface area contributed by atoms with E-state index < -0.39 is 12.8 Å². The van der Waals surface area contributed by atoms with Crippen LogP contribution in [0, 0.1) is 5.92 Å². The van der Waals surface area contributed by atoms with Crippen LogP contribution in [0.25, 0.3) is 0 Å². The fraction of sp³-hybridized carbons (Fsp3) is 0.409. The molecule has 0 aliphatic heterocycles. The summed E-state index contributed by atoms with van der Waals surface area (Å²) in [6.45, 7) is 11.5. The molecule has 0 unspecified atom stereocenters. The maximum Gasteiger partial charge on any atom is 0.136 e. The van der Waals surface area contributed by atoms with Crippen LogP contribution in [-0.4, -0.2) is 19.1 Å². The molecule has 0 spiro atoms. The first-order chi connectivity index (χ1) is 11.8. The predicted molar refractivity (Wildman–Crippen MR) is 114 cm³/mol. The van der Waals surface area contributed by atoms with E-state index in [9.17, 15) is 4.79 Å². The van der Waals surface area contributed by atoms with Gasteiger partial charge in [0.05, 0.1) is 12.8 Å². The Balaban J connectivity index is 2.44. The van der Waals surface area contributed by atoms with Crippen LogP contribution >= 0.6 is 11.8 Å². The largest absolute Gasteiger partial charge is 0.302 e. The molecule has 134 valence electrons. The van der Waals surface area contributed by atoms with Crippen molar-refractivity contribution in [3.63, 3.8) is 0 Å². The summed E-state index contributed by atoms with van der Waals surface area (Å²) >= 11 is 1.73. The van der Waals surface area contributed by atoms with Crippen LogP contribution in [0.5, 0.6) is 0 Å². The fourth-order valence-corrected chi connectivity index (χ4v) is 9.87. The third kappa shape index (κ3) is 4.86. The summed E-state index contributed by atoms with van der Waals surface area (Å²) in [4.78, 5) is 13.5. The molecule has 0 aliphatic rings. The van der Waals surface area contributed by atoms with E-state index in [0.717, 1.165) is 6.42 Å². The Kier molecular flexibility index (Phi) is 6.70. The fourth-order valence-electron chi connectivity index (χ4n) is 3.71. The van der Waals surface area contributed by atoms with Crippen LogP contribution in [0.1, 0.15) is 27.2 Å². The Bertz CT molecular complexity index is 669. The molecule has 0 fully saturated rings. The van der Waals surface area contributed by atoms with Gasteiger partial charge >= 0.3 is 0 Å². The summed E-state index contributed by atoms with van der Waals surface area (Å²) in [5.74, 6) is 0.566. The maximum atomic E-state index is 12.3. The van der Waals surface area contributed by atoms with Gasteiger partial charge in [-0.25, -0.2) is 0 Å². The summed E-state index contributed by atoms with van der Waals surface area (Å²) in [6, 6.07) is 21.1. The Morgan fingerprint density at radius 2 is 1.52 bits per heavy atom. The molecule has 0 amide bonds. The molecule has 2 atom stereocenters. The van der Waals surface area contributed by atoms with Crippen LogP contribution in [0.4, 0.5) is 0 Å². The van der Waals surface area contributed by atoms with Gasteiger partial charge in [-0.1, -0.05) is 80.7 Å². The Hall–Kier alpha value is -1.32. The molecule has 0 bridgehead atoms. The minimum Gasteiger partial charge on any atom is -0.302 e. The number of aldehydes is 1. The molecule has 3 heteroatoms. The lowest BCUT2D eigenvalue weighted by Gasteiger charge is -2.43. The van der Waals surface area contributed by atoms with E-state index in [1.165, 1.54) is 16.4 Å². The van der Waals surface area contributed by atoms with Crippen molar-refractivity contribution in [2.75, 3.05) is 0 Å². The number of rotatable bonds is 8. The van der Waals surface area contributed by atoms with E-state index >= 15 is 0 Å². The molecule has 0 heterocycles. The first-order valence-electron chi connectivity index (χ1n) is 9.05. The lowest BCUT2D eigenvalue weighted by Crippen LogP contribution is -2.53. The molecular formula is C22H30OSSi. The molecule has 25 heavy (non-hydrogen) atoms. The zero-order valence-corrected chi connectivity index (χ0v) is 17.8. The number of thioether (sulfide) groups is 1. The second-order valence-electron chi connectivity index (χ2n) is 7.99. The standard InChI is InChI=1S/C22H30OSSi/c1-18(2)16-21(25(4,5)20-14-10-7-11-15-20)22(3,17-23)24-19-12-8-6-9-13-19/h6-15,17-18,21H,16H2,1-5H3/t21-,22+/m1/s1. The molecule has 0 aromatic heterocycles. The van der Waals surface area contributed by atoms with E-state index in [0.29, 0.717) is 11.5 Å². The monoisotopic (exact) mass is 370 g/mol. The molecule has 0 N–H and O–H groups in total. The van der Waals surface area contributed by atoms with Crippen molar-refractivity contribution >= 4 is 31.3 Å². The van der Waals surface area contributed by atoms with Gasteiger partial charge in [0.1, 0.15) is 6.29 Å². The Morgan fingerprint density at radius 1 is 1.00 bits per heavy atom. The van der Waals surface area contributed by atoms with Gasteiger partial charge in [-0.15, -0.1) is 11.8 Å². The van der Waals surface area contributed by atoms with E-state index in [-0.39, 0.29) is 0 Å². The minimum atomic E-state index is -1.83. The van der Waals surface area contributed by atoms with Crippen molar-refractivity contribution in [2.24, 2.45) is 5.92 Å². The molecular weight excluding hydrogens is 340 g/mol. The number of benzene rings is 2. The zero-order chi connectivity index (χ0) is 18.5. The van der Waals surface area contributed by atoms with Gasteiger partial charge in [0.25, 0.3) is 0 Å². The van der Waals surface area contributed by atoms with Gasteiger partial charge in [0.2, 0.25) is 0 Å². The molecule has 0 saturated heterocycles. The summed E-state index contributed by atoms with van der Waals surface area (Å²) in [5, 5.41) is 1.43. The SMILES string of the molecule is CC(C)C[C@H]([C@](C)(C=O)Sc1ccccc1)[Si](C)(C)c1ccccc1. The van der Waals surface area contributed by atoms with Crippen LogP contribution in [0.15, 0.2) is 65.6 Å². The number of hydrogen-bond acceptors (Lipinski definition) is 2. The number of carbonyl (C=O) groups excluding carboxylic acids is 1. The average molecular weight is 371 g/mol. The smallest absolute Gasteiger partial charge is 0.136 e. The first kappa shape index (κ1) is 20.0. The molecule has 1 nitrogen and oxygen atoms in total. The quantitative estimate of drug-likeness (QED) is 0.333. The van der Waals surface area contributed by atoms with Gasteiger partial charge in [0.15, 0.2) is 0 Å². The molecule has 0 saturated carbocycles. The van der Waals surface area contributed by atoms with Crippen molar-refractivity contribution in [1.29, 1.82) is 0 Å². The van der Waals surface area contributed by atoms with Crippen LogP contribution in [-0.2, 0) is 4.79 Å². The summed E-state index contributed by atoms with van der Waals surface area (Å²) < 4.78 is -0.419. The van der Waals surface area contributed by atoms with Gasteiger partial charge in [-0.2, -0.15) is 0 Å². The van der Waals surface area contributed by atoms with E-state index in [1.807, 2.05) is 18.2 Å². The van der Waals surface area contributed by atoms with Crippen LogP contribution in [0.2, 0.25) is 18.6 Å². The molecule has 2 aromatic rings. The van der Waals surface area contributed by atoms with Crippen molar-refractivity contribution in [3.05, 3.63) is 60.7 Å². The van der Waals surface area contributed by atoms with Gasteiger partial charge in [-0.05, 0) is 36.9 Å². The summed E-state index contributed by atoms with van der Waals surface area (Å²) in [7, 11) is -1.83. The zero-order valence-electron chi connectivity index (χ0n) is 16.0. The number of hydrogen-bond donors (Lipinski definition) is 0. The second kappa shape index (κ2) is 8.37. The van der Waals surface area contributed by atoms with Gasteiger partial charge in [-0.3, -0.25) is 0 Å². The molecule has 0 radical (unpaired) electrons. The maximum absolute atomic E-state index is 12.3. The normalized spacial score (nSPS) is 15.6. The summed E-state index contributed by atoms with van der Waals surface area (Å²) in [6.07, 6.45) is 2.28. The first-order valence-corrected chi connectivity index (χ1v) is 12.9. The van der Waals surface area contributed by atoms with E-state index in [2.05, 4.69) is 76.3 Å². The van der Waals surface area contributed by atoms with Crippen molar-refractivity contribution in [2.45, 2.75) is 55.5 Å². The Morgan fingerprint density at radius 3 is 2.00 bits per heavy atom. The Labute approximate surface area is 158 Å². The van der Waals surface area contributed by atoms with Crippen molar-refractivity contribution in [3.8, 4) is 0 Å². The highest BCUT2D eigenvalue weighted by Gasteiger charge is 2.46. The van der Waals surface area contributed by atoms with Crippen molar-refractivity contribution < 1.29 is 4.79 Å². The highest BCUT2D eigenvalue weighted by Crippen LogP contribution is 2.47. The molecule has 2 aromatic carbocycles. The number of carbonyl (C=O) groups is 1. The lowest BCUT2D eigenvalue weighted by atomic mass is 9.98. The highest BCUT2D eigenvalue weighted by molar-refractivity contribution is 8.01. The van der Waals surface area contributed by atoms with E-state index in [1.54, 1.807) is 11.8 Å². The second-order valence-corrected chi connectivity index (χ2v) is 14.3.